The Bertz CT molecular complexity index is 1860. The van der Waals surface area contributed by atoms with E-state index in [0.717, 1.165) is 56.2 Å². The van der Waals surface area contributed by atoms with Crippen molar-refractivity contribution >= 4 is 50.0 Å². The molecular weight excluding hydrogens is 725 g/mol. The molecule has 3 heterocycles. The molecule has 49 heavy (non-hydrogen) atoms. The lowest BCUT2D eigenvalue weighted by Crippen LogP contribution is -2.28. The molecule has 8 nitrogen and oxygen atoms in total. The van der Waals surface area contributed by atoms with Crippen molar-refractivity contribution in [1.29, 1.82) is 0 Å². The normalized spacial score (nSPS) is 14.1. The van der Waals surface area contributed by atoms with Crippen LogP contribution in [0, 0.1) is 0 Å². The van der Waals surface area contributed by atoms with Gasteiger partial charge in [-0.15, -0.1) is 0 Å². The summed E-state index contributed by atoms with van der Waals surface area (Å²) in [7, 11) is 0. The highest BCUT2D eigenvalue weighted by Crippen LogP contribution is 2.38. The summed E-state index contributed by atoms with van der Waals surface area (Å²) >= 11 is 16.8. The molecule has 3 aromatic carbocycles. The van der Waals surface area contributed by atoms with Gasteiger partial charge in [0.2, 0.25) is 0 Å². The standard InChI is InChI=1S/C38H42BrCl2N5O3/c1-26(23-47)43-20-29-17-34(41)37(18-36(29)48-24-27-16-30(40)21-42-19-27)49-25-28-8-6-10-32(38(28)39)31-9-7-11-35-33(31)22-44-46(35)15-5-4-14-45-12-2-3-13-45/h6-11,16-19,21-22,26,43,47H,2-5,12-15,20,23-25H2,1H3. The number of fused-ring (bicyclic) bond motifs is 1. The Morgan fingerprint density at radius 1 is 0.898 bits per heavy atom. The average molecular weight is 768 g/mol. The molecule has 0 aliphatic carbocycles. The molecule has 0 bridgehead atoms. The van der Waals surface area contributed by atoms with Crippen LogP contribution in [0.3, 0.4) is 0 Å². The van der Waals surface area contributed by atoms with Gasteiger partial charge in [0.05, 0.1) is 28.4 Å². The minimum absolute atomic E-state index is 0.0169. The van der Waals surface area contributed by atoms with E-state index in [1.807, 2.05) is 43.5 Å². The molecule has 6 rings (SSSR count). The quantitative estimate of drug-likeness (QED) is 0.0973. The molecule has 1 saturated heterocycles. The maximum absolute atomic E-state index is 9.51. The van der Waals surface area contributed by atoms with Gasteiger partial charge in [0.15, 0.2) is 0 Å². The number of aromatic nitrogens is 3. The van der Waals surface area contributed by atoms with Crippen LogP contribution in [0.2, 0.25) is 10.0 Å². The third-order valence-corrected chi connectivity index (χ3v) is 10.4. The van der Waals surface area contributed by atoms with E-state index in [9.17, 15) is 5.11 Å². The number of pyridine rings is 1. The third-order valence-electron chi connectivity index (χ3n) is 8.92. The number of benzene rings is 3. The number of ether oxygens (including phenoxy) is 2. The molecule has 0 amide bonds. The summed E-state index contributed by atoms with van der Waals surface area (Å²) in [6.45, 7) is 7.52. The number of rotatable bonds is 16. The van der Waals surface area contributed by atoms with Gasteiger partial charge in [-0.3, -0.25) is 9.67 Å². The van der Waals surface area contributed by atoms with Crippen LogP contribution in [0.4, 0.5) is 0 Å². The molecule has 1 unspecified atom stereocenters. The molecule has 11 heteroatoms. The molecule has 1 atom stereocenters. The van der Waals surface area contributed by atoms with E-state index in [2.05, 4.69) is 60.1 Å². The number of nitrogens with one attached hydrogen (secondary N) is 1. The molecule has 0 spiro atoms. The Morgan fingerprint density at radius 3 is 2.49 bits per heavy atom. The number of halogens is 3. The molecular formula is C38H42BrCl2N5O3. The first-order valence-electron chi connectivity index (χ1n) is 16.9. The van der Waals surface area contributed by atoms with Crippen molar-refractivity contribution in [2.45, 2.75) is 65.0 Å². The van der Waals surface area contributed by atoms with E-state index in [-0.39, 0.29) is 25.9 Å². The lowest BCUT2D eigenvalue weighted by atomic mass is 10.00. The maximum atomic E-state index is 9.51. The minimum atomic E-state index is -0.0888. The summed E-state index contributed by atoms with van der Waals surface area (Å²) in [6.07, 6.45) is 10.3. The minimum Gasteiger partial charge on any atom is -0.488 e. The lowest BCUT2D eigenvalue weighted by molar-refractivity contribution is 0.249. The van der Waals surface area contributed by atoms with E-state index in [1.165, 1.54) is 38.9 Å². The first kappa shape index (κ1) is 35.6. The van der Waals surface area contributed by atoms with Crippen LogP contribution in [0.25, 0.3) is 22.0 Å². The fraction of sp³-hybridized carbons (Fsp3) is 0.368. The van der Waals surface area contributed by atoms with E-state index in [0.29, 0.717) is 28.1 Å². The Kier molecular flexibility index (Phi) is 12.5. The first-order chi connectivity index (χ1) is 23.9. The van der Waals surface area contributed by atoms with Crippen LogP contribution < -0.4 is 14.8 Å². The second kappa shape index (κ2) is 17.2. The lowest BCUT2D eigenvalue weighted by Gasteiger charge is -2.18. The number of hydrogen-bond donors (Lipinski definition) is 2. The van der Waals surface area contributed by atoms with Crippen molar-refractivity contribution in [3.05, 3.63) is 104 Å². The van der Waals surface area contributed by atoms with Gasteiger partial charge in [0.25, 0.3) is 0 Å². The van der Waals surface area contributed by atoms with Gasteiger partial charge in [-0.2, -0.15) is 5.10 Å². The van der Waals surface area contributed by atoms with E-state index in [1.54, 1.807) is 12.4 Å². The van der Waals surface area contributed by atoms with Gasteiger partial charge >= 0.3 is 0 Å². The van der Waals surface area contributed by atoms with Crippen LogP contribution in [-0.4, -0.2) is 57.1 Å². The number of likely N-dealkylation sites (tertiary alicyclic amines) is 1. The highest BCUT2D eigenvalue weighted by Gasteiger charge is 2.17. The van der Waals surface area contributed by atoms with E-state index >= 15 is 0 Å². The van der Waals surface area contributed by atoms with Crippen LogP contribution in [0.15, 0.2) is 77.7 Å². The number of nitrogens with zero attached hydrogens (tertiary/aromatic N) is 4. The summed E-state index contributed by atoms with van der Waals surface area (Å²) in [4.78, 5) is 6.73. The van der Waals surface area contributed by atoms with Crippen LogP contribution in [0.5, 0.6) is 11.5 Å². The van der Waals surface area contributed by atoms with Gasteiger partial charge in [-0.25, -0.2) is 0 Å². The van der Waals surface area contributed by atoms with Crippen molar-refractivity contribution < 1.29 is 14.6 Å². The average Bonchev–Trinajstić information content (AvgIpc) is 3.79. The second-order valence-electron chi connectivity index (χ2n) is 12.6. The van der Waals surface area contributed by atoms with Crippen LogP contribution in [0.1, 0.15) is 49.3 Å². The van der Waals surface area contributed by atoms with Crippen molar-refractivity contribution in [2.75, 3.05) is 26.2 Å². The largest absolute Gasteiger partial charge is 0.488 e. The Balaban J connectivity index is 1.18. The topological polar surface area (TPSA) is 84.7 Å². The number of aryl methyl sites for hydroxylation is 1. The van der Waals surface area contributed by atoms with Gasteiger partial charge in [0.1, 0.15) is 24.7 Å². The monoisotopic (exact) mass is 765 g/mol. The molecule has 1 fully saturated rings. The number of aliphatic hydroxyl groups is 1. The Morgan fingerprint density at radius 2 is 1.67 bits per heavy atom. The van der Waals surface area contributed by atoms with Crippen molar-refractivity contribution in [3.8, 4) is 22.6 Å². The molecule has 1 aliphatic heterocycles. The van der Waals surface area contributed by atoms with Crippen LogP contribution >= 0.6 is 39.1 Å². The zero-order valence-electron chi connectivity index (χ0n) is 27.7. The van der Waals surface area contributed by atoms with Gasteiger partial charge in [-0.05, 0) is 97.5 Å². The molecule has 0 saturated carbocycles. The Labute approximate surface area is 306 Å². The molecule has 2 aromatic heterocycles. The predicted octanol–water partition coefficient (Wildman–Crippen LogP) is 8.67. The summed E-state index contributed by atoms with van der Waals surface area (Å²) < 4.78 is 15.7. The van der Waals surface area contributed by atoms with E-state index < -0.39 is 0 Å². The zero-order valence-corrected chi connectivity index (χ0v) is 30.8. The smallest absolute Gasteiger partial charge is 0.142 e. The van der Waals surface area contributed by atoms with Crippen molar-refractivity contribution in [1.82, 2.24) is 25.0 Å². The highest BCUT2D eigenvalue weighted by atomic mass is 79.9. The SMILES string of the molecule is CC(CO)NCc1cc(Cl)c(OCc2cccc(-c3cccc4c3cnn4CCCCN3CCCC3)c2Br)cc1OCc1cncc(Cl)c1. The first-order valence-corrected chi connectivity index (χ1v) is 18.4. The highest BCUT2D eigenvalue weighted by molar-refractivity contribution is 9.10. The molecule has 1 aliphatic rings. The summed E-state index contributed by atoms with van der Waals surface area (Å²) in [6, 6.07) is 18.0. The third kappa shape index (κ3) is 9.14. The van der Waals surface area contributed by atoms with Crippen molar-refractivity contribution in [3.63, 3.8) is 0 Å². The zero-order chi connectivity index (χ0) is 34.2. The Hall–Kier alpha value is -3.18. The molecule has 258 valence electrons. The summed E-state index contributed by atoms with van der Waals surface area (Å²) in [5, 5.41) is 19.7. The second-order valence-corrected chi connectivity index (χ2v) is 14.2. The molecule has 0 radical (unpaired) electrons. The van der Waals surface area contributed by atoms with Gasteiger partial charge < -0.3 is 24.8 Å². The fourth-order valence-electron chi connectivity index (χ4n) is 6.18. The summed E-state index contributed by atoms with van der Waals surface area (Å²) in [5.74, 6) is 1.12. The number of hydrogen-bond acceptors (Lipinski definition) is 7. The molecule has 5 aromatic rings. The van der Waals surface area contributed by atoms with Gasteiger partial charge in [0, 0.05) is 64.1 Å². The maximum Gasteiger partial charge on any atom is 0.142 e. The van der Waals surface area contributed by atoms with E-state index in [4.69, 9.17) is 37.8 Å². The van der Waals surface area contributed by atoms with Crippen molar-refractivity contribution in [2.24, 2.45) is 0 Å². The number of unbranched alkanes of at least 4 members (excludes halogenated alkanes) is 1. The number of aliphatic hydroxyl groups excluding tert-OH is 1. The molecule has 2 N–H and O–H groups in total. The fourth-order valence-corrected chi connectivity index (χ4v) is 7.21. The summed E-state index contributed by atoms with van der Waals surface area (Å²) in [5.41, 5.74) is 6.00. The van der Waals surface area contributed by atoms with Crippen LogP contribution in [-0.2, 0) is 26.3 Å². The predicted molar refractivity (Wildman–Crippen MR) is 201 cm³/mol. The van der Waals surface area contributed by atoms with Gasteiger partial charge in [-0.1, -0.05) is 53.5 Å².